The zero-order valence-electron chi connectivity index (χ0n) is 15.7. The van der Waals surface area contributed by atoms with Crippen molar-refractivity contribution in [2.45, 2.75) is 19.9 Å². The Hall–Kier alpha value is -2.48. The van der Waals surface area contributed by atoms with Gasteiger partial charge < -0.3 is 20.7 Å². The molecule has 0 fully saturated rings. The molecule has 0 spiro atoms. The molecule has 1 aliphatic heterocycles. The first-order valence-electron chi connectivity index (χ1n) is 9.02. The van der Waals surface area contributed by atoms with Crippen LogP contribution in [0.1, 0.15) is 28.7 Å². The normalized spacial score (nSPS) is 13.1. The van der Waals surface area contributed by atoms with Gasteiger partial charge in [0.15, 0.2) is 0 Å². The van der Waals surface area contributed by atoms with Gasteiger partial charge in [0.05, 0.1) is 16.9 Å². The number of carbonyl (C=O) groups excluding carboxylic acids is 1. The van der Waals surface area contributed by atoms with Gasteiger partial charge in [0.1, 0.15) is 5.69 Å². The smallest absolute Gasteiger partial charge is 0.270 e. The largest absolute Gasteiger partial charge is 0.469 e. The molecule has 1 amide bonds. The molecular weight excluding hydrogens is 570 g/mol. The number of imidazole rings is 1. The molecule has 1 aliphatic rings. The van der Waals surface area contributed by atoms with E-state index in [-0.39, 0.29) is 26.0 Å². The third-order valence-electron chi connectivity index (χ3n) is 4.47. The molecule has 29 heavy (non-hydrogen) atoms. The SMILES string of the molecule is CCc1nc2ncc(Cl)cn2c1C(=O)NCc1ccc(N2CC[N-]C=N2)cc1.[Ir]. The number of halogens is 1. The first-order chi connectivity index (χ1) is 13.7. The first kappa shape index (κ1) is 21.2. The van der Waals surface area contributed by atoms with Gasteiger partial charge in [-0.1, -0.05) is 37.0 Å². The average Bonchev–Trinajstić information content (AvgIpc) is 3.11. The molecule has 1 N–H and O–H groups in total. The molecule has 2 aromatic heterocycles. The maximum absolute atomic E-state index is 12.8. The van der Waals surface area contributed by atoms with Crippen LogP contribution in [0.5, 0.6) is 0 Å². The topological polar surface area (TPSA) is 89.0 Å². The summed E-state index contributed by atoms with van der Waals surface area (Å²) in [6.07, 6.45) is 5.37. The zero-order valence-corrected chi connectivity index (χ0v) is 18.8. The van der Waals surface area contributed by atoms with Crippen molar-refractivity contribution in [2.24, 2.45) is 5.10 Å². The number of hydrogen-bond acceptors (Lipinski definition) is 5. The minimum Gasteiger partial charge on any atom is -0.469 e. The summed E-state index contributed by atoms with van der Waals surface area (Å²) in [5.41, 5.74) is 3.15. The van der Waals surface area contributed by atoms with Crippen molar-refractivity contribution in [1.29, 1.82) is 0 Å². The van der Waals surface area contributed by atoms with E-state index in [9.17, 15) is 4.79 Å². The van der Waals surface area contributed by atoms with Gasteiger partial charge in [0, 0.05) is 45.1 Å². The molecule has 153 valence electrons. The van der Waals surface area contributed by atoms with Crippen molar-refractivity contribution < 1.29 is 24.9 Å². The standard InChI is InChI=1S/C19H20ClN7O.Ir/c1-2-16-17(26-11-14(20)10-23-19(26)25-16)18(28)22-9-13-3-5-15(6-4-13)27-8-7-21-12-24-27;/h3-6,10-12H,2,7-9H2,1H3,(H2,21,22,24,28);/p-1. The molecule has 0 aliphatic carbocycles. The maximum atomic E-state index is 12.8. The summed E-state index contributed by atoms with van der Waals surface area (Å²) in [6, 6.07) is 7.92. The van der Waals surface area contributed by atoms with Gasteiger partial charge in [0.2, 0.25) is 5.78 Å². The number of aromatic nitrogens is 3. The number of anilines is 1. The Morgan fingerprint density at radius 3 is 2.79 bits per heavy atom. The van der Waals surface area contributed by atoms with Crippen LogP contribution in [-0.2, 0) is 33.1 Å². The third kappa shape index (κ3) is 4.58. The molecule has 0 bridgehead atoms. The Balaban J connectivity index is 0.00000240. The number of amides is 1. The molecule has 8 nitrogen and oxygen atoms in total. The van der Waals surface area contributed by atoms with Crippen LogP contribution in [0.15, 0.2) is 41.8 Å². The predicted octanol–water partition coefficient (Wildman–Crippen LogP) is 3.01. The van der Waals surface area contributed by atoms with Crippen molar-refractivity contribution in [3.63, 3.8) is 0 Å². The molecule has 3 heterocycles. The quantitative estimate of drug-likeness (QED) is 0.496. The Kier molecular flexibility index (Phi) is 6.84. The first-order valence-corrected chi connectivity index (χ1v) is 9.39. The van der Waals surface area contributed by atoms with Crippen LogP contribution >= 0.6 is 11.6 Å². The zero-order chi connectivity index (χ0) is 19.5. The van der Waals surface area contributed by atoms with Crippen molar-refractivity contribution in [2.75, 3.05) is 18.1 Å². The van der Waals surface area contributed by atoms with Gasteiger partial charge in [-0.25, -0.2) is 9.97 Å². The number of carbonyl (C=O) groups is 1. The molecule has 0 saturated carbocycles. The number of fused-ring (bicyclic) bond motifs is 1. The summed E-state index contributed by atoms with van der Waals surface area (Å²) in [4.78, 5) is 21.4. The van der Waals surface area contributed by atoms with E-state index in [0.717, 1.165) is 24.3 Å². The van der Waals surface area contributed by atoms with Gasteiger partial charge in [-0.2, -0.15) is 0 Å². The number of rotatable bonds is 5. The van der Waals surface area contributed by atoms with Crippen LogP contribution in [-0.4, -0.2) is 39.7 Å². The maximum Gasteiger partial charge on any atom is 0.270 e. The monoisotopic (exact) mass is 589 g/mol. The summed E-state index contributed by atoms with van der Waals surface area (Å²) in [5.74, 6) is 0.254. The Bertz CT molecular complexity index is 1030. The fraction of sp³-hybridized carbons (Fsp3) is 0.263. The van der Waals surface area contributed by atoms with Gasteiger partial charge in [-0.3, -0.25) is 9.20 Å². The van der Waals surface area contributed by atoms with E-state index in [2.05, 4.69) is 25.7 Å². The van der Waals surface area contributed by atoms with E-state index >= 15 is 0 Å². The predicted molar refractivity (Wildman–Crippen MR) is 109 cm³/mol. The molecule has 1 aromatic carbocycles. The number of nitrogens with one attached hydrogen (secondary N) is 1. The minimum absolute atomic E-state index is 0. The second-order valence-corrected chi connectivity index (χ2v) is 6.75. The second-order valence-electron chi connectivity index (χ2n) is 6.31. The Morgan fingerprint density at radius 2 is 2.10 bits per heavy atom. The van der Waals surface area contributed by atoms with E-state index < -0.39 is 0 Å². The average molecular weight is 589 g/mol. The molecular formula is C19H19ClIrN7O-. The van der Waals surface area contributed by atoms with Crippen LogP contribution < -0.4 is 10.3 Å². The van der Waals surface area contributed by atoms with Crippen molar-refractivity contribution in [3.05, 3.63) is 63.9 Å². The molecule has 1 radical (unpaired) electrons. The molecule has 10 heteroatoms. The van der Waals surface area contributed by atoms with Crippen LogP contribution in [0.25, 0.3) is 11.1 Å². The minimum atomic E-state index is -0.209. The van der Waals surface area contributed by atoms with Crippen molar-refractivity contribution in [3.8, 4) is 0 Å². The van der Waals surface area contributed by atoms with Crippen LogP contribution in [0.4, 0.5) is 5.69 Å². The van der Waals surface area contributed by atoms with Gasteiger partial charge in [-0.05, 0) is 30.7 Å². The van der Waals surface area contributed by atoms with Crippen LogP contribution in [0.2, 0.25) is 5.02 Å². The van der Waals surface area contributed by atoms with E-state index in [0.29, 0.717) is 35.2 Å². The fourth-order valence-electron chi connectivity index (χ4n) is 3.06. The van der Waals surface area contributed by atoms with E-state index in [1.54, 1.807) is 16.9 Å². The Labute approximate surface area is 186 Å². The van der Waals surface area contributed by atoms with E-state index in [1.807, 2.05) is 36.2 Å². The molecule has 0 atom stereocenters. The van der Waals surface area contributed by atoms with Crippen LogP contribution in [0.3, 0.4) is 0 Å². The number of benzene rings is 1. The van der Waals surface area contributed by atoms with E-state index in [4.69, 9.17) is 11.6 Å². The summed E-state index contributed by atoms with van der Waals surface area (Å²) in [7, 11) is 0. The van der Waals surface area contributed by atoms with E-state index in [1.165, 1.54) is 6.20 Å². The summed E-state index contributed by atoms with van der Waals surface area (Å²) >= 11 is 6.04. The van der Waals surface area contributed by atoms with Crippen molar-refractivity contribution in [1.82, 2.24) is 19.7 Å². The third-order valence-corrected chi connectivity index (χ3v) is 4.67. The van der Waals surface area contributed by atoms with Gasteiger partial charge in [0.25, 0.3) is 5.91 Å². The molecule has 4 rings (SSSR count). The summed E-state index contributed by atoms with van der Waals surface area (Å²) < 4.78 is 1.64. The summed E-state index contributed by atoms with van der Waals surface area (Å²) in [6.45, 7) is 3.86. The summed E-state index contributed by atoms with van der Waals surface area (Å²) in [5, 5.41) is 13.6. The second kappa shape index (κ2) is 9.34. The number of aryl methyl sites for hydroxylation is 1. The molecule has 0 saturated heterocycles. The van der Waals surface area contributed by atoms with Crippen molar-refractivity contribution >= 4 is 35.3 Å². The molecule has 3 aromatic rings. The van der Waals surface area contributed by atoms with Crippen LogP contribution in [0, 0.1) is 0 Å². The number of nitrogens with zero attached hydrogens (tertiary/aromatic N) is 6. The number of hydrogen-bond donors (Lipinski definition) is 1. The van der Waals surface area contributed by atoms with Gasteiger partial charge >= 0.3 is 0 Å². The fourth-order valence-corrected chi connectivity index (χ4v) is 3.20. The molecule has 0 unspecified atom stereocenters. The van der Waals surface area contributed by atoms with Gasteiger partial charge in [-0.15, -0.1) is 0 Å². The number of hydrazone groups is 1. The Morgan fingerprint density at radius 1 is 1.31 bits per heavy atom.